The minimum absolute atomic E-state index is 0.0416. The van der Waals surface area contributed by atoms with Crippen LogP contribution in [0.25, 0.3) is 10.9 Å². The van der Waals surface area contributed by atoms with Gasteiger partial charge < -0.3 is 5.32 Å². The number of nitriles is 1. The summed E-state index contributed by atoms with van der Waals surface area (Å²) in [4.78, 5) is 4.27. The fourth-order valence-electron chi connectivity index (χ4n) is 2.22. The number of rotatable bonds is 3. The fourth-order valence-corrected chi connectivity index (χ4v) is 2.22. The Hall–Kier alpha value is -2.93. The van der Waals surface area contributed by atoms with Crippen LogP contribution < -0.4 is 5.32 Å². The normalized spacial score (nSPS) is 10.3. The van der Waals surface area contributed by atoms with Crippen LogP contribution in [0.5, 0.6) is 0 Å². The topological polar surface area (TPSA) is 48.7 Å². The van der Waals surface area contributed by atoms with Crippen LogP contribution in [0.1, 0.15) is 11.1 Å². The molecule has 0 spiro atoms. The van der Waals surface area contributed by atoms with Gasteiger partial charge in [-0.05, 0) is 35.9 Å². The SMILES string of the molecule is N#Cc1c(F)cccc1NCc1ccc2ncccc2c1. The van der Waals surface area contributed by atoms with E-state index in [9.17, 15) is 4.39 Å². The van der Waals surface area contributed by atoms with Crippen LogP contribution >= 0.6 is 0 Å². The second-order valence-electron chi connectivity index (χ2n) is 4.66. The fraction of sp³-hybridized carbons (Fsp3) is 0.0588. The van der Waals surface area contributed by atoms with Gasteiger partial charge in [0, 0.05) is 18.1 Å². The lowest BCUT2D eigenvalue weighted by atomic mass is 10.1. The molecule has 0 saturated heterocycles. The summed E-state index contributed by atoms with van der Waals surface area (Å²) in [7, 11) is 0. The molecule has 0 radical (unpaired) electrons. The Bertz CT molecular complexity index is 837. The number of halogens is 1. The molecule has 4 heteroatoms. The van der Waals surface area contributed by atoms with E-state index in [1.54, 1.807) is 18.3 Å². The van der Waals surface area contributed by atoms with Crippen molar-refractivity contribution >= 4 is 16.6 Å². The van der Waals surface area contributed by atoms with Gasteiger partial charge in [-0.1, -0.05) is 18.2 Å². The highest BCUT2D eigenvalue weighted by atomic mass is 19.1. The Morgan fingerprint density at radius 3 is 2.90 bits per heavy atom. The Balaban J connectivity index is 1.84. The van der Waals surface area contributed by atoms with E-state index in [0.717, 1.165) is 16.5 Å². The molecule has 0 unspecified atom stereocenters. The molecule has 0 amide bonds. The zero-order valence-corrected chi connectivity index (χ0v) is 11.2. The molecule has 1 N–H and O–H groups in total. The van der Waals surface area contributed by atoms with Gasteiger partial charge in [-0.15, -0.1) is 0 Å². The molecule has 0 fully saturated rings. The Morgan fingerprint density at radius 1 is 1.14 bits per heavy atom. The first-order chi connectivity index (χ1) is 10.3. The van der Waals surface area contributed by atoms with E-state index in [0.29, 0.717) is 12.2 Å². The smallest absolute Gasteiger partial charge is 0.143 e. The molecule has 3 nitrogen and oxygen atoms in total. The van der Waals surface area contributed by atoms with Crippen molar-refractivity contribution in [3.63, 3.8) is 0 Å². The van der Waals surface area contributed by atoms with Gasteiger partial charge in [0.05, 0.1) is 11.2 Å². The van der Waals surface area contributed by atoms with Crippen LogP contribution in [0.2, 0.25) is 0 Å². The third kappa shape index (κ3) is 2.67. The summed E-state index contributed by atoms with van der Waals surface area (Å²) in [5.41, 5.74) is 2.53. The van der Waals surface area contributed by atoms with Gasteiger partial charge in [-0.25, -0.2) is 4.39 Å². The lowest BCUT2D eigenvalue weighted by Crippen LogP contribution is -2.02. The zero-order chi connectivity index (χ0) is 14.7. The van der Waals surface area contributed by atoms with E-state index in [2.05, 4.69) is 10.3 Å². The largest absolute Gasteiger partial charge is 0.380 e. The number of hydrogen-bond acceptors (Lipinski definition) is 3. The lowest BCUT2D eigenvalue weighted by molar-refractivity contribution is 0.624. The molecule has 3 aromatic rings. The number of nitrogens with zero attached hydrogens (tertiary/aromatic N) is 2. The number of hydrogen-bond donors (Lipinski definition) is 1. The van der Waals surface area contributed by atoms with Crippen LogP contribution in [0.3, 0.4) is 0 Å². The average Bonchev–Trinajstić information content (AvgIpc) is 2.52. The number of pyridine rings is 1. The Labute approximate surface area is 121 Å². The first-order valence-electron chi connectivity index (χ1n) is 6.54. The summed E-state index contributed by atoms with van der Waals surface area (Å²) >= 11 is 0. The molecule has 0 bridgehead atoms. The summed E-state index contributed by atoms with van der Waals surface area (Å²) in [6, 6.07) is 16.3. The summed E-state index contributed by atoms with van der Waals surface area (Å²) in [5, 5.41) is 13.2. The second kappa shape index (κ2) is 5.59. The highest BCUT2D eigenvalue weighted by Crippen LogP contribution is 2.19. The van der Waals surface area contributed by atoms with E-state index < -0.39 is 5.82 Å². The third-order valence-electron chi connectivity index (χ3n) is 3.28. The molecule has 1 heterocycles. The monoisotopic (exact) mass is 277 g/mol. The zero-order valence-electron chi connectivity index (χ0n) is 11.2. The Morgan fingerprint density at radius 2 is 2.05 bits per heavy atom. The average molecular weight is 277 g/mol. The van der Waals surface area contributed by atoms with Crippen molar-refractivity contribution in [3.8, 4) is 6.07 Å². The molecule has 3 rings (SSSR count). The van der Waals surface area contributed by atoms with Crippen molar-refractivity contribution in [3.05, 3.63) is 71.7 Å². The standard InChI is InChI=1S/C17H12FN3/c18-15-4-1-5-17(14(15)10-19)21-11-12-6-7-16-13(9-12)3-2-8-20-16/h1-9,21H,11H2. The lowest BCUT2D eigenvalue weighted by Gasteiger charge is -2.09. The van der Waals surface area contributed by atoms with E-state index in [4.69, 9.17) is 5.26 Å². The number of nitrogens with one attached hydrogen (secondary N) is 1. The number of aromatic nitrogens is 1. The number of anilines is 1. The van der Waals surface area contributed by atoms with E-state index >= 15 is 0 Å². The summed E-state index contributed by atoms with van der Waals surface area (Å²) in [6.45, 7) is 0.517. The summed E-state index contributed by atoms with van der Waals surface area (Å²) in [5.74, 6) is -0.509. The Kier molecular flexibility index (Phi) is 3.48. The van der Waals surface area contributed by atoms with Gasteiger partial charge in [0.2, 0.25) is 0 Å². The summed E-state index contributed by atoms with van der Waals surface area (Å²) < 4.78 is 13.5. The van der Waals surface area contributed by atoms with Crippen molar-refractivity contribution in [2.45, 2.75) is 6.54 Å². The van der Waals surface area contributed by atoms with Crippen molar-refractivity contribution < 1.29 is 4.39 Å². The molecule has 0 aliphatic rings. The maximum absolute atomic E-state index is 13.5. The molecule has 1 aromatic heterocycles. The van der Waals surface area contributed by atoms with Crippen LogP contribution in [-0.4, -0.2) is 4.98 Å². The van der Waals surface area contributed by atoms with Crippen molar-refractivity contribution in [1.29, 1.82) is 5.26 Å². The van der Waals surface area contributed by atoms with Crippen LogP contribution in [0.4, 0.5) is 10.1 Å². The van der Waals surface area contributed by atoms with Crippen molar-refractivity contribution in [2.75, 3.05) is 5.32 Å². The first-order valence-corrected chi connectivity index (χ1v) is 6.54. The molecular weight excluding hydrogens is 265 g/mol. The van der Waals surface area contributed by atoms with Gasteiger partial charge in [0.25, 0.3) is 0 Å². The highest BCUT2D eigenvalue weighted by Gasteiger charge is 2.07. The van der Waals surface area contributed by atoms with Crippen LogP contribution in [0, 0.1) is 17.1 Å². The van der Waals surface area contributed by atoms with Gasteiger partial charge in [0.15, 0.2) is 0 Å². The van der Waals surface area contributed by atoms with Crippen LogP contribution in [-0.2, 0) is 6.54 Å². The number of fused-ring (bicyclic) bond motifs is 1. The summed E-state index contributed by atoms with van der Waals surface area (Å²) in [6.07, 6.45) is 1.76. The quantitative estimate of drug-likeness (QED) is 0.791. The maximum atomic E-state index is 13.5. The molecule has 2 aromatic carbocycles. The second-order valence-corrected chi connectivity index (χ2v) is 4.66. The van der Waals surface area contributed by atoms with E-state index in [-0.39, 0.29) is 5.56 Å². The maximum Gasteiger partial charge on any atom is 0.143 e. The van der Waals surface area contributed by atoms with Gasteiger partial charge in [0.1, 0.15) is 17.4 Å². The van der Waals surface area contributed by atoms with Crippen molar-refractivity contribution in [1.82, 2.24) is 4.98 Å². The molecule has 102 valence electrons. The highest BCUT2D eigenvalue weighted by molar-refractivity contribution is 5.79. The van der Waals surface area contributed by atoms with E-state index in [1.165, 1.54) is 6.07 Å². The van der Waals surface area contributed by atoms with E-state index in [1.807, 2.05) is 36.4 Å². The molecule has 0 aliphatic carbocycles. The number of benzene rings is 2. The van der Waals surface area contributed by atoms with Gasteiger partial charge in [-0.3, -0.25) is 4.98 Å². The predicted octanol–water partition coefficient (Wildman–Crippen LogP) is 3.86. The molecule has 0 aliphatic heterocycles. The van der Waals surface area contributed by atoms with Crippen LogP contribution in [0.15, 0.2) is 54.7 Å². The minimum Gasteiger partial charge on any atom is -0.380 e. The van der Waals surface area contributed by atoms with Crippen molar-refractivity contribution in [2.24, 2.45) is 0 Å². The molecule has 0 atom stereocenters. The van der Waals surface area contributed by atoms with Gasteiger partial charge >= 0.3 is 0 Å². The molecule has 0 saturated carbocycles. The molecular formula is C17H12FN3. The third-order valence-corrected chi connectivity index (χ3v) is 3.28. The molecule has 21 heavy (non-hydrogen) atoms. The predicted molar refractivity (Wildman–Crippen MR) is 80.2 cm³/mol. The van der Waals surface area contributed by atoms with Gasteiger partial charge in [-0.2, -0.15) is 5.26 Å². The first kappa shape index (κ1) is 13.1. The minimum atomic E-state index is -0.509.